The van der Waals surface area contributed by atoms with E-state index in [1.54, 1.807) is 36.5 Å². The van der Waals surface area contributed by atoms with Crippen molar-refractivity contribution >= 4 is 46.4 Å². The molecule has 1 aromatic carbocycles. The van der Waals surface area contributed by atoms with Gasteiger partial charge in [0, 0.05) is 24.0 Å². The predicted octanol–water partition coefficient (Wildman–Crippen LogP) is 3.73. The summed E-state index contributed by atoms with van der Waals surface area (Å²) in [6, 6.07) is 9.85. The number of fused-ring (bicyclic) bond motifs is 1. The minimum absolute atomic E-state index is 0.221. The van der Waals surface area contributed by atoms with Gasteiger partial charge in [0.1, 0.15) is 17.7 Å². The second-order valence-corrected chi connectivity index (χ2v) is 7.56. The van der Waals surface area contributed by atoms with Gasteiger partial charge in [0.25, 0.3) is 5.91 Å². The molecule has 10 nitrogen and oxygen atoms in total. The molecule has 33 heavy (non-hydrogen) atoms. The molecule has 5 N–H and O–H groups in total. The first kappa shape index (κ1) is 22.0. The average molecular weight is 465 g/mol. The molecule has 0 saturated heterocycles. The van der Waals surface area contributed by atoms with E-state index in [0.717, 1.165) is 5.69 Å². The van der Waals surface area contributed by atoms with Crippen LogP contribution in [-0.4, -0.2) is 38.1 Å². The van der Waals surface area contributed by atoms with E-state index in [-0.39, 0.29) is 16.7 Å². The fourth-order valence-electron chi connectivity index (χ4n) is 3.41. The molecule has 0 aliphatic rings. The Hall–Kier alpha value is -4.18. The zero-order valence-electron chi connectivity index (χ0n) is 17.9. The highest BCUT2D eigenvalue weighted by atomic mass is 35.5. The summed E-state index contributed by atoms with van der Waals surface area (Å²) < 4.78 is 1.50. The van der Waals surface area contributed by atoms with Crippen LogP contribution in [-0.2, 0) is 0 Å². The number of nitrogens with two attached hydrogens (primary N) is 1. The lowest BCUT2D eigenvalue weighted by Gasteiger charge is -2.11. The van der Waals surface area contributed by atoms with Gasteiger partial charge in [-0.15, -0.1) is 0 Å². The number of amides is 3. The SMILES string of the molecule is CCNC(=O)c1cn2ncnc(N)c2c1-c1ccc(NC(=O)Nc2cccc(C)n2)c(Cl)c1. The molecule has 0 atom stereocenters. The van der Waals surface area contributed by atoms with Gasteiger partial charge < -0.3 is 16.4 Å². The Balaban J connectivity index is 1.67. The molecule has 3 heterocycles. The van der Waals surface area contributed by atoms with E-state index in [1.807, 2.05) is 19.9 Å². The average Bonchev–Trinajstić information content (AvgIpc) is 3.16. The summed E-state index contributed by atoms with van der Waals surface area (Å²) in [7, 11) is 0. The summed E-state index contributed by atoms with van der Waals surface area (Å²) in [5.74, 6) is 0.363. The van der Waals surface area contributed by atoms with Gasteiger partial charge in [-0.25, -0.2) is 19.3 Å². The van der Waals surface area contributed by atoms with Crippen molar-refractivity contribution in [1.29, 1.82) is 0 Å². The molecule has 168 valence electrons. The Bertz CT molecular complexity index is 1370. The fourth-order valence-corrected chi connectivity index (χ4v) is 3.64. The van der Waals surface area contributed by atoms with Gasteiger partial charge >= 0.3 is 6.03 Å². The highest BCUT2D eigenvalue weighted by Crippen LogP contribution is 2.36. The van der Waals surface area contributed by atoms with E-state index in [9.17, 15) is 9.59 Å². The van der Waals surface area contributed by atoms with E-state index >= 15 is 0 Å². The first-order chi connectivity index (χ1) is 15.9. The molecule has 0 aliphatic carbocycles. The zero-order valence-corrected chi connectivity index (χ0v) is 18.6. The minimum Gasteiger partial charge on any atom is -0.382 e. The molecular formula is C22H21ClN8O2. The standard InChI is InChI=1S/C22H21ClN8O2/c1-3-25-21(32)14-10-31-19(20(24)26-11-27-31)18(14)13-7-8-16(15(23)9-13)29-22(33)30-17-6-4-5-12(2)28-17/h4-11H,3H2,1-2H3,(H,25,32)(H2,24,26,27)(H2,28,29,30,33). The summed E-state index contributed by atoms with van der Waals surface area (Å²) in [4.78, 5) is 33.4. The van der Waals surface area contributed by atoms with Crippen LogP contribution in [0.15, 0.2) is 48.9 Å². The molecule has 0 saturated carbocycles. The Labute approximate surface area is 194 Å². The van der Waals surface area contributed by atoms with Crippen molar-refractivity contribution in [3.05, 3.63) is 65.2 Å². The molecule has 3 aromatic heterocycles. The normalized spacial score (nSPS) is 10.8. The van der Waals surface area contributed by atoms with Gasteiger partial charge in [0.05, 0.1) is 16.3 Å². The number of nitrogens with zero attached hydrogens (tertiary/aromatic N) is 4. The molecule has 0 aliphatic heterocycles. The number of aryl methyl sites for hydroxylation is 1. The fraction of sp³-hybridized carbons (Fsp3) is 0.136. The zero-order chi connectivity index (χ0) is 23.5. The molecular weight excluding hydrogens is 444 g/mol. The van der Waals surface area contributed by atoms with Crippen LogP contribution in [0.3, 0.4) is 0 Å². The van der Waals surface area contributed by atoms with Crippen molar-refractivity contribution in [1.82, 2.24) is 24.9 Å². The molecule has 4 aromatic rings. The summed E-state index contributed by atoms with van der Waals surface area (Å²) >= 11 is 6.47. The first-order valence-electron chi connectivity index (χ1n) is 10.1. The molecule has 0 fully saturated rings. The van der Waals surface area contributed by atoms with E-state index in [0.29, 0.717) is 40.3 Å². The van der Waals surface area contributed by atoms with E-state index < -0.39 is 6.03 Å². The van der Waals surface area contributed by atoms with Gasteiger partial charge in [-0.2, -0.15) is 5.10 Å². The second kappa shape index (κ2) is 9.13. The minimum atomic E-state index is -0.488. The number of halogens is 1. The molecule has 0 radical (unpaired) electrons. The Morgan fingerprint density at radius 3 is 2.73 bits per heavy atom. The third-order valence-corrected chi connectivity index (χ3v) is 5.13. The lowest BCUT2D eigenvalue weighted by atomic mass is 10.0. The number of carbonyl (C=O) groups is 2. The Kier molecular flexibility index (Phi) is 6.09. The molecule has 3 amide bonds. The lowest BCUT2D eigenvalue weighted by Crippen LogP contribution is -2.22. The number of nitrogens with one attached hydrogen (secondary N) is 3. The van der Waals surface area contributed by atoms with Gasteiger partial charge in [-0.05, 0) is 43.7 Å². The van der Waals surface area contributed by atoms with Gasteiger partial charge in [0.2, 0.25) is 0 Å². The van der Waals surface area contributed by atoms with Crippen LogP contribution in [0.25, 0.3) is 16.6 Å². The second-order valence-electron chi connectivity index (χ2n) is 7.15. The number of urea groups is 1. The number of hydrogen-bond donors (Lipinski definition) is 4. The molecule has 0 bridgehead atoms. The lowest BCUT2D eigenvalue weighted by molar-refractivity contribution is 0.0956. The number of aromatic nitrogens is 4. The summed E-state index contributed by atoms with van der Waals surface area (Å²) in [5, 5.41) is 12.6. The maximum absolute atomic E-state index is 12.7. The quantitative estimate of drug-likeness (QED) is 0.355. The van der Waals surface area contributed by atoms with Gasteiger partial charge in [-0.1, -0.05) is 23.7 Å². The Morgan fingerprint density at radius 2 is 2.00 bits per heavy atom. The van der Waals surface area contributed by atoms with Crippen molar-refractivity contribution in [3.8, 4) is 11.1 Å². The summed E-state index contributed by atoms with van der Waals surface area (Å²) in [6.45, 7) is 4.12. The molecule has 11 heteroatoms. The van der Waals surface area contributed by atoms with Gasteiger partial charge in [-0.3, -0.25) is 10.1 Å². The number of carbonyl (C=O) groups excluding carboxylic acids is 2. The van der Waals surface area contributed by atoms with Crippen molar-refractivity contribution in [2.24, 2.45) is 0 Å². The number of benzene rings is 1. The maximum Gasteiger partial charge on any atom is 0.324 e. The number of pyridine rings is 1. The van der Waals surface area contributed by atoms with Crippen LogP contribution >= 0.6 is 11.6 Å². The van der Waals surface area contributed by atoms with Crippen molar-refractivity contribution < 1.29 is 9.59 Å². The molecule has 0 unspecified atom stereocenters. The molecule has 4 rings (SSSR count). The topological polar surface area (TPSA) is 139 Å². The number of anilines is 3. The summed E-state index contributed by atoms with van der Waals surface area (Å²) in [5.41, 5.74) is 9.29. The van der Waals surface area contributed by atoms with Crippen LogP contribution in [0.2, 0.25) is 5.02 Å². The maximum atomic E-state index is 12.7. The van der Waals surface area contributed by atoms with E-state index in [4.69, 9.17) is 17.3 Å². The largest absolute Gasteiger partial charge is 0.382 e. The van der Waals surface area contributed by atoms with Crippen molar-refractivity contribution in [3.63, 3.8) is 0 Å². The predicted molar refractivity (Wildman–Crippen MR) is 127 cm³/mol. The highest BCUT2D eigenvalue weighted by molar-refractivity contribution is 6.34. The smallest absolute Gasteiger partial charge is 0.324 e. The number of hydrogen-bond acceptors (Lipinski definition) is 6. The molecule has 0 spiro atoms. The van der Waals surface area contributed by atoms with E-state index in [1.165, 1.54) is 10.8 Å². The van der Waals surface area contributed by atoms with Crippen molar-refractivity contribution in [2.45, 2.75) is 13.8 Å². The summed E-state index contributed by atoms with van der Waals surface area (Å²) in [6.07, 6.45) is 2.91. The highest BCUT2D eigenvalue weighted by Gasteiger charge is 2.22. The van der Waals surface area contributed by atoms with Crippen molar-refractivity contribution in [2.75, 3.05) is 22.9 Å². The van der Waals surface area contributed by atoms with Crippen LogP contribution in [0, 0.1) is 6.92 Å². The number of rotatable bonds is 5. The third-order valence-electron chi connectivity index (χ3n) is 4.82. The van der Waals surface area contributed by atoms with Crippen LogP contribution in [0.4, 0.5) is 22.1 Å². The van der Waals surface area contributed by atoms with E-state index in [2.05, 4.69) is 31.0 Å². The Morgan fingerprint density at radius 1 is 1.18 bits per heavy atom. The third kappa shape index (κ3) is 4.55. The van der Waals surface area contributed by atoms with Crippen LogP contribution < -0.4 is 21.7 Å². The first-order valence-corrected chi connectivity index (χ1v) is 10.5. The van der Waals surface area contributed by atoms with Gasteiger partial charge in [0.15, 0.2) is 5.82 Å². The van der Waals surface area contributed by atoms with Crippen LogP contribution in [0.5, 0.6) is 0 Å². The number of nitrogen functional groups attached to an aromatic ring is 1. The monoisotopic (exact) mass is 464 g/mol. The van der Waals surface area contributed by atoms with Crippen LogP contribution in [0.1, 0.15) is 23.0 Å².